The average Bonchev–Trinajstić information content (AvgIpc) is 0.812. The van der Waals surface area contributed by atoms with Gasteiger partial charge >= 0.3 is 11.9 Å². The molecule has 0 aliphatic carbocycles. The average molecular weight is 1350 g/mol. The number of carbonyl (C=O) groups is 12. The number of nitrogens with zero attached hydrogens (tertiary/aromatic N) is 7. The molecule has 0 bridgehead atoms. The summed E-state index contributed by atoms with van der Waals surface area (Å²) in [6, 6.07) is -11.7. The Morgan fingerprint density at radius 3 is 1.37 bits per heavy atom. The molecule has 4 N–H and O–H groups in total. The van der Waals surface area contributed by atoms with E-state index in [4.69, 9.17) is 18.9 Å². The predicted molar refractivity (Wildman–Crippen MR) is 363 cm³/mol. The summed E-state index contributed by atoms with van der Waals surface area (Å²) in [5.74, 6) is -10.0. The third-order valence-corrected chi connectivity index (χ3v) is 17.0. The van der Waals surface area contributed by atoms with E-state index < -0.39 is 149 Å². The van der Waals surface area contributed by atoms with Crippen molar-refractivity contribution < 1.29 is 76.5 Å². The molecule has 0 saturated heterocycles. The minimum absolute atomic E-state index is 0.0682. The highest BCUT2D eigenvalue weighted by atomic mass is 16.5. The topological polar surface area (TPSA) is 313 Å². The SMILES string of the molecule is C/C=C/C[C@@H](C)[C@@H](OC(C)=O)[C@@H](C(=O)N[C@@H](CC)C(=O)OCCN(C)C(C)=O)N(C)C(=O)[C@H](C(C)C)N(C)C(=O)[C@H](CC(C)C)N(C)C(=O)[C@H](CC(C)C)N(C)C(=O)[C@@H](C)NC(=O)[C@H](C)NC(=O)[C@H](CC(C)C)N(C)C(=O)[C@@H](NC(=O)[C@H](C(COC)COC)N(C)C)C(C)C. The second-order valence-electron chi connectivity index (χ2n) is 27.5. The lowest BCUT2D eigenvalue weighted by Gasteiger charge is -2.42. The Labute approximate surface area is 567 Å². The van der Waals surface area contributed by atoms with Gasteiger partial charge in [-0.05, 0) is 102 Å². The summed E-state index contributed by atoms with van der Waals surface area (Å²) in [6.07, 6.45) is 3.16. The summed E-state index contributed by atoms with van der Waals surface area (Å²) in [5, 5.41) is 11.0. The first-order valence-electron chi connectivity index (χ1n) is 33.4. The summed E-state index contributed by atoms with van der Waals surface area (Å²) >= 11 is 0. The van der Waals surface area contributed by atoms with Crippen LogP contribution in [-0.2, 0) is 76.5 Å². The molecule has 0 spiro atoms. The third kappa shape index (κ3) is 27.7. The molecule has 95 heavy (non-hydrogen) atoms. The molecule has 0 aromatic carbocycles. The molecular formula is C68H123N11O16. The molecule has 0 heterocycles. The Hall–Kier alpha value is -6.74. The molecule has 10 amide bonds. The number of amides is 10. The monoisotopic (exact) mass is 1350 g/mol. The highest BCUT2D eigenvalue weighted by Crippen LogP contribution is 2.27. The van der Waals surface area contributed by atoms with Crippen LogP contribution in [0.3, 0.4) is 0 Å². The fourth-order valence-corrected chi connectivity index (χ4v) is 11.4. The normalized spacial score (nSPS) is 15.6. The van der Waals surface area contributed by atoms with Gasteiger partial charge in [0.15, 0.2) is 0 Å². The molecule has 12 atom stereocenters. The van der Waals surface area contributed by atoms with Crippen molar-refractivity contribution in [2.24, 2.45) is 41.4 Å². The number of carbonyl (C=O) groups excluding carboxylic acids is 12. The lowest BCUT2D eigenvalue weighted by Crippen LogP contribution is -2.63. The smallest absolute Gasteiger partial charge is 0.328 e. The summed E-state index contributed by atoms with van der Waals surface area (Å²) in [6.45, 7) is 29.2. The fourth-order valence-electron chi connectivity index (χ4n) is 11.4. The van der Waals surface area contributed by atoms with Crippen LogP contribution in [0.25, 0.3) is 0 Å². The molecule has 0 aromatic heterocycles. The van der Waals surface area contributed by atoms with Crippen LogP contribution in [0.1, 0.15) is 150 Å². The number of esters is 2. The van der Waals surface area contributed by atoms with E-state index >= 15 is 14.4 Å². The van der Waals surface area contributed by atoms with Crippen molar-refractivity contribution >= 4 is 71.0 Å². The van der Waals surface area contributed by atoms with Gasteiger partial charge in [0.25, 0.3) is 0 Å². The van der Waals surface area contributed by atoms with E-state index in [9.17, 15) is 43.2 Å². The number of allylic oxidation sites excluding steroid dienone is 2. The van der Waals surface area contributed by atoms with E-state index in [0.29, 0.717) is 6.42 Å². The molecule has 0 aliphatic heterocycles. The van der Waals surface area contributed by atoms with Crippen molar-refractivity contribution in [1.29, 1.82) is 0 Å². The number of hydrogen-bond acceptors (Lipinski definition) is 17. The van der Waals surface area contributed by atoms with E-state index in [0.717, 1.165) is 4.90 Å². The lowest BCUT2D eigenvalue weighted by atomic mass is 9.91. The number of rotatable bonds is 42. The second kappa shape index (κ2) is 42.7. The van der Waals surface area contributed by atoms with Crippen molar-refractivity contribution in [3.63, 3.8) is 0 Å². The van der Waals surface area contributed by atoms with Crippen LogP contribution in [0.4, 0.5) is 0 Å². The Kier molecular flexibility index (Phi) is 39.7. The van der Waals surface area contributed by atoms with Crippen LogP contribution in [0.15, 0.2) is 12.2 Å². The van der Waals surface area contributed by atoms with Gasteiger partial charge in [-0.1, -0.05) is 95.2 Å². The molecule has 0 fully saturated rings. The van der Waals surface area contributed by atoms with Crippen LogP contribution in [0, 0.1) is 41.4 Å². The summed E-state index contributed by atoms with van der Waals surface area (Å²) in [4.78, 5) is 179. The predicted octanol–water partition coefficient (Wildman–Crippen LogP) is 3.36. The van der Waals surface area contributed by atoms with Crippen molar-refractivity contribution in [1.82, 2.24) is 55.6 Å². The van der Waals surface area contributed by atoms with Crippen LogP contribution in [0.2, 0.25) is 0 Å². The maximum atomic E-state index is 15.3. The van der Waals surface area contributed by atoms with E-state index in [1.807, 2.05) is 47.6 Å². The summed E-state index contributed by atoms with van der Waals surface area (Å²) in [7, 11) is 15.2. The molecule has 0 radical (unpaired) electrons. The molecule has 546 valence electrons. The van der Waals surface area contributed by atoms with Crippen molar-refractivity contribution in [3.8, 4) is 0 Å². The lowest BCUT2D eigenvalue weighted by molar-refractivity contribution is -0.164. The van der Waals surface area contributed by atoms with Gasteiger partial charge in [-0.25, -0.2) is 4.79 Å². The standard InChI is InChI=1S/C68H123N11O16/c1-28-30-31-44(13)58(95-48(17)81)57(62(85)71-50(29-2)68(91)94-33-32-74(20)47(16)80)79(25)67(90)55(43(11)12)78(24)65(88)53(36-41(7)8)77(23)64(87)52(35-40(5)6)76(22)63(86)46(15)70-59(82)45(14)69-60(83)51(34-39(3)4)75(21)66(89)54(42(9)10)72-61(84)56(73(18)19)49(37-92-26)38-93-27/h28,30,39-46,49-58H,29,31-38H2,1-27H3,(H,69,83)(H,70,82)(H,71,85)(H,72,84)/b30-28+/t44-,45+,46-,50+,51+,52+,53+,54+,55+,56+,57+,58-/m1/s1. The van der Waals surface area contributed by atoms with Crippen molar-refractivity contribution in [2.75, 3.05) is 97.0 Å². The van der Waals surface area contributed by atoms with Crippen LogP contribution < -0.4 is 21.3 Å². The van der Waals surface area contributed by atoms with Crippen LogP contribution in [0.5, 0.6) is 0 Å². The van der Waals surface area contributed by atoms with E-state index in [2.05, 4.69) is 21.3 Å². The second-order valence-corrected chi connectivity index (χ2v) is 27.5. The van der Waals surface area contributed by atoms with Gasteiger partial charge in [0, 0.05) is 76.3 Å². The molecule has 0 unspecified atom stereocenters. The van der Waals surface area contributed by atoms with E-state index in [1.165, 1.54) is 102 Å². The van der Waals surface area contributed by atoms with Crippen molar-refractivity contribution in [2.45, 2.75) is 216 Å². The molecule has 0 rings (SSSR count). The Morgan fingerprint density at radius 1 is 0.484 bits per heavy atom. The minimum atomic E-state index is -1.56. The summed E-state index contributed by atoms with van der Waals surface area (Å²) in [5.41, 5.74) is 0. The number of hydrogen-bond donors (Lipinski definition) is 4. The van der Waals surface area contributed by atoms with Gasteiger partial charge in [-0.3, -0.25) is 57.6 Å². The Bertz CT molecular complexity index is 2540. The highest BCUT2D eigenvalue weighted by molar-refractivity contribution is 5.98. The highest BCUT2D eigenvalue weighted by Gasteiger charge is 2.47. The van der Waals surface area contributed by atoms with Gasteiger partial charge in [0.05, 0.1) is 25.8 Å². The van der Waals surface area contributed by atoms with Gasteiger partial charge in [-0.15, -0.1) is 0 Å². The Morgan fingerprint density at radius 2 is 0.937 bits per heavy atom. The first-order chi connectivity index (χ1) is 44.0. The zero-order valence-electron chi connectivity index (χ0n) is 62.6. The maximum absolute atomic E-state index is 15.3. The molecule has 0 aliphatic rings. The molecule has 0 aromatic rings. The fraction of sp³-hybridized carbons (Fsp3) is 0.794. The quantitative estimate of drug-likeness (QED) is 0.0503. The zero-order chi connectivity index (χ0) is 73.8. The molecule has 27 nitrogen and oxygen atoms in total. The number of ether oxygens (including phenoxy) is 4. The maximum Gasteiger partial charge on any atom is 0.328 e. The Balaban J connectivity index is 7.16. The van der Waals surface area contributed by atoms with Gasteiger partial charge in [0.2, 0.25) is 59.1 Å². The van der Waals surface area contributed by atoms with Gasteiger partial charge < -0.3 is 69.6 Å². The van der Waals surface area contributed by atoms with Crippen LogP contribution in [-0.4, -0.2) is 269 Å². The first kappa shape index (κ1) is 88.3. The third-order valence-electron chi connectivity index (χ3n) is 17.0. The minimum Gasteiger partial charge on any atom is -0.462 e. The molecule has 0 saturated carbocycles. The molecule has 27 heteroatoms. The van der Waals surface area contributed by atoms with E-state index in [-0.39, 0.29) is 81.6 Å². The number of likely N-dealkylation sites (N-methyl/N-ethyl adjacent to an activating group) is 7. The first-order valence-corrected chi connectivity index (χ1v) is 33.4. The van der Waals surface area contributed by atoms with Crippen molar-refractivity contribution in [3.05, 3.63) is 12.2 Å². The number of nitrogens with one attached hydrogen (secondary N) is 4. The summed E-state index contributed by atoms with van der Waals surface area (Å²) < 4.78 is 22.1. The largest absolute Gasteiger partial charge is 0.462 e. The number of methoxy groups -OCH3 is 2. The van der Waals surface area contributed by atoms with E-state index in [1.54, 1.807) is 80.6 Å². The van der Waals surface area contributed by atoms with Crippen LogP contribution >= 0.6 is 0 Å². The van der Waals surface area contributed by atoms with Gasteiger partial charge in [0.1, 0.15) is 67.1 Å². The van der Waals surface area contributed by atoms with Gasteiger partial charge in [-0.2, -0.15) is 0 Å². The zero-order valence-corrected chi connectivity index (χ0v) is 62.6. The molecular weight excluding hydrogens is 1230 g/mol.